The van der Waals surface area contributed by atoms with Gasteiger partial charge in [0.1, 0.15) is 17.2 Å². The Labute approximate surface area is 257 Å². The van der Waals surface area contributed by atoms with E-state index < -0.39 is 7.92 Å². The minimum Gasteiger partial charge on any atom is -0.515 e. The summed E-state index contributed by atoms with van der Waals surface area (Å²) in [6, 6.07) is 34.7. The summed E-state index contributed by atoms with van der Waals surface area (Å²) in [6.07, 6.45) is 3.83. The third kappa shape index (κ3) is 4.24. The SMILES string of the molecule is [CH-]=C(C)P1c2[c-]c(N3c4ccccc4Sc4ccc(-n5ccc6cccnc65)nc43)ccc2Oc2ccccc21.[Pd+2]. The van der Waals surface area contributed by atoms with Gasteiger partial charge in [-0.3, -0.25) is 4.57 Å². The van der Waals surface area contributed by atoms with Crippen LogP contribution < -0.4 is 20.2 Å². The van der Waals surface area contributed by atoms with Gasteiger partial charge in [-0.1, -0.05) is 67.9 Å². The Balaban J connectivity index is 0.00000276. The van der Waals surface area contributed by atoms with E-state index in [1.807, 2.05) is 54.2 Å². The van der Waals surface area contributed by atoms with Gasteiger partial charge in [0.2, 0.25) is 0 Å². The molecule has 0 fully saturated rings. The maximum absolute atomic E-state index is 6.53. The molecule has 200 valence electrons. The van der Waals surface area contributed by atoms with Crippen LogP contribution in [0.25, 0.3) is 16.9 Å². The van der Waals surface area contributed by atoms with Gasteiger partial charge in [-0.25, -0.2) is 15.3 Å². The van der Waals surface area contributed by atoms with Crippen molar-refractivity contribution >= 4 is 58.5 Å². The molecular formula is C33H21N4OPPdS. The quantitative estimate of drug-likeness (QED) is 0.109. The number of aromatic nitrogens is 3. The number of benzene rings is 3. The molecule has 0 aliphatic carbocycles. The van der Waals surface area contributed by atoms with Gasteiger partial charge in [0, 0.05) is 33.7 Å². The Bertz CT molecular complexity index is 1990. The summed E-state index contributed by atoms with van der Waals surface area (Å²) in [5.41, 5.74) is 2.83. The van der Waals surface area contributed by atoms with Crippen LogP contribution in [0.5, 0.6) is 11.5 Å². The first kappa shape index (κ1) is 26.2. The number of hydrogen-bond acceptors (Lipinski definition) is 5. The van der Waals surface area contributed by atoms with Crippen molar-refractivity contribution in [3.63, 3.8) is 0 Å². The number of para-hydroxylation sites is 2. The Morgan fingerprint density at radius 2 is 1.76 bits per heavy atom. The summed E-state index contributed by atoms with van der Waals surface area (Å²) < 4.78 is 8.35. The van der Waals surface area contributed by atoms with Gasteiger partial charge in [-0.05, 0) is 48.5 Å². The molecule has 0 radical (unpaired) electrons. The molecule has 2 aliphatic rings. The van der Waals surface area contributed by atoms with Crippen LogP contribution >= 0.6 is 19.7 Å². The average Bonchev–Trinajstić information content (AvgIpc) is 3.42. The Hall–Kier alpha value is -3.72. The van der Waals surface area contributed by atoms with E-state index in [0.717, 1.165) is 71.3 Å². The van der Waals surface area contributed by atoms with E-state index in [1.165, 1.54) is 0 Å². The third-order valence-electron chi connectivity index (χ3n) is 7.07. The minimum atomic E-state index is -0.941. The molecule has 1 unspecified atom stereocenters. The van der Waals surface area contributed by atoms with Crippen LogP contribution in [0.4, 0.5) is 17.2 Å². The number of pyridine rings is 2. The zero-order chi connectivity index (χ0) is 26.8. The molecule has 8 heteroatoms. The van der Waals surface area contributed by atoms with Gasteiger partial charge >= 0.3 is 20.4 Å². The standard InChI is InChI=1S/C33H21N4OPS.Pd/c1-21(2)39-27-11-5-4-10-25(27)38-26-14-13-23(20-28(26)39)37-24-9-3-6-12-29(24)40-30-15-16-31(35-33(30)37)36-19-17-22-8-7-18-34-32(22)36;/h1,3-19H,2H3;/q-2;+2. The van der Waals surface area contributed by atoms with Crippen molar-refractivity contribution in [1.82, 2.24) is 14.5 Å². The number of hydrogen-bond donors (Lipinski definition) is 0. The molecular weight excluding hydrogens is 638 g/mol. The van der Waals surface area contributed by atoms with E-state index >= 15 is 0 Å². The van der Waals surface area contributed by atoms with Gasteiger partial charge in [0.05, 0.1) is 10.6 Å². The Morgan fingerprint density at radius 1 is 0.902 bits per heavy atom. The number of rotatable bonds is 3. The van der Waals surface area contributed by atoms with Gasteiger partial charge in [0.25, 0.3) is 0 Å². The summed E-state index contributed by atoms with van der Waals surface area (Å²) in [5.74, 6) is 3.31. The molecule has 5 heterocycles. The van der Waals surface area contributed by atoms with E-state index in [1.54, 1.807) is 11.8 Å². The van der Waals surface area contributed by atoms with Crippen molar-refractivity contribution in [1.29, 1.82) is 0 Å². The minimum absolute atomic E-state index is 0. The zero-order valence-corrected chi connectivity index (χ0v) is 25.0. The second kappa shape index (κ2) is 10.3. The molecule has 41 heavy (non-hydrogen) atoms. The summed E-state index contributed by atoms with van der Waals surface area (Å²) in [4.78, 5) is 14.3. The maximum atomic E-state index is 6.53. The first-order valence-electron chi connectivity index (χ1n) is 12.9. The van der Waals surface area contributed by atoms with E-state index in [4.69, 9.17) is 16.3 Å². The molecule has 0 saturated heterocycles. The number of allylic oxidation sites excluding steroid dienone is 1. The van der Waals surface area contributed by atoms with E-state index in [9.17, 15) is 0 Å². The molecule has 3 aromatic carbocycles. The van der Waals surface area contributed by atoms with Gasteiger partial charge < -0.3 is 16.2 Å². The van der Waals surface area contributed by atoms with E-state index in [0.29, 0.717) is 0 Å². The third-order valence-corrected chi connectivity index (χ3v) is 10.5. The monoisotopic (exact) mass is 658 g/mol. The number of anilines is 3. The number of ether oxygens (including phenoxy) is 1. The second-order valence-corrected chi connectivity index (χ2v) is 13.0. The van der Waals surface area contributed by atoms with Crippen molar-refractivity contribution < 1.29 is 25.2 Å². The topological polar surface area (TPSA) is 43.2 Å². The van der Waals surface area contributed by atoms with Crippen LogP contribution in [0.2, 0.25) is 0 Å². The largest absolute Gasteiger partial charge is 2.00 e. The van der Waals surface area contributed by atoms with Crippen LogP contribution in [0.1, 0.15) is 6.92 Å². The average molecular weight is 659 g/mol. The summed E-state index contributed by atoms with van der Waals surface area (Å²) in [6.45, 7) is 8.52. The van der Waals surface area contributed by atoms with Crippen molar-refractivity contribution in [2.45, 2.75) is 16.7 Å². The van der Waals surface area contributed by atoms with Gasteiger partial charge in [-0.2, -0.15) is 0 Å². The fourth-order valence-corrected chi connectivity index (χ4v) is 8.45. The van der Waals surface area contributed by atoms with Gasteiger partial charge in [-0.15, -0.1) is 18.2 Å². The first-order chi connectivity index (χ1) is 19.7. The first-order valence-corrected chi connectivity index (χ1v) is 15.0. The Kier molecular flexibility index (Phi) is 6.57. The van der Waals surface area contributed by atoms with Crippen molar-refractivity contribution in [2.75, 3.05) is 4.90 Å². The Morgan fingerprint density at radius 3 is 2.66 bits per heavy atom. The van der Waals surface area contributed by atoms with Gasteiger partial charge in [0.15, 0.2) is 5.82 Å². The van der Waals surface area contributed by atoms with Crippen molar-refractivity contribution in [2.24, 2.45) is 0 Å². The molecule has 6 aromatic rings. The van der Waals surface area contributed by atoms with E-state index in [2.05, 4.69) is 76.6 Å². The molecule has 0 saturated carbocycles. The van der Waals surface area contributed by atoms with Crippen molar-refractivity contribution in [3.8, 4) is 17.3 Å². The van der Waals surface area contributed by atoms with Crippen LogP contribution in [0.15, 0.2) is 118 Å². The predicted octanol–water partition coefficient (Wildman–Crippen LogP) is 8.03. The van der Waals surface area contributed by atoms with Crippen LogP contribution in [-0.2, 0) is 20.4 Å². The molecule has 3 aromatic heterocycles. The van der Waals surface area contributed by atoms with Crippen LogP contribution in [0, 0.1) is 12.6 Å². The van der Waals surface area contributed by atoms with Crippen molar-refractivity contribution in [3.05, 3.63) is 121 Å². The number of nitrogens with zero attached hydrogens (tertiary/aromatic N) is 4. The summed E-state index contributed by atoms with van der Waals surface area (Å²) in [7, 11) is -0.941. The fourth-order valence-electron chi connectivity index (χ4n) is 5.33. The molecule has 1 atom stereocenters. The normalized spacial score (nSPS) is 14.7. The molecule has 0 bridgehead atoms. The second-order valence-electron chi connectivity index (χ2n) is 9.60. The van der Waals surface area contributed by atoms with Crippen LogP contribution in [0.3, 0.4) is 0 Å². The van der Waals surface area contributed by atoms with E-state index in [-0.39, 0.29) is 20.4 Å². The molecule has 0 N–H and O–H groups in total. The molecule has 0 spiro atoms. The summed E-state index contributed by atoms with van der Waals surface area (Å²) in [5, 5.41) is 4.03. The molecule has 0 amide bonds. The molecule has 5 nitrogen and oxygen atoms in total. The zero-order valence-electron chi connectivity index (χ0n) is 21.8. The number of fused-ring (bicyclic) bond motifs is 5. The smallest absolute Gasteiger partial charge is 0.515 e. The van der Waals surface area contributed by atoms with Crippen LogP contribution in [-0.4, -0.2) is 14.5 Å². The predicted molar refractivity (Wildman–Crippen MR) is 163 cm³/mol. The maximum Gasteiger partial charge on any atom is 2.00 e. The summed E-state index contributed by atoms with van der Waals surface area (Å²) >= 11 is 1.73. The fraction of sp³-hybridized carbons (Fsp3) is 0.0303. The molecule has 2 aliphatic heterocycles. The molecule has 8 rings (SSSR count).